The summed E-state index contributed by atoms with van der Waals surface area (Å²) in [5, 5.41) is 0. The Bertz CT molecular complexity index is 152. The molecule has 84 valence electrons. The van der Waals surface area contributed by atoms with Crippen LogP contribution in [0.1, 0.15) is 46.0 Å². The van der Waals surface area contributed by atoms with E-state index in [9.17, 15) is 4.79 Å². The van der Waals surface area contributed by atoms with Crippen LogP contribution in [0.2, 0.25) is 0 Å². The lowest BCUT2D eigenvalue weighted by molar-refractivity contribution is -0.119. The second-order valence-corrected chi connectivity index (χ2v) is 4.75. The number of hydrogen-bond donors (Lipinski definition) is 0. The Morgan fingerprint density at radius 1 is 1.14 bits per heavy atom. The highest BCUT2D eigenvalue weighted by molar-refractivity contribution is 5.78. The number of carbonyl (C=O) groups excluding carboxylic acids is 1. The monoisotopic (exact) mass is 199 g/mol. The summed E-state index contributed by atoms with van der Waals surface area (Å²) in [6, 6.07) is 0. The van der Waals surface area contributed by atoms with E-state index in [4.69, 9.17) is 0 Å². The third kappa shape index (κ3) is 9.72. The van der Waals surface area contributed by atoms with Crippen molar-refractivity contribution in [2.24, 2.45) is 5.92 Å². The van der Waals surface area contributed by atoms with Crippen LogP contribution in [0.5, 0.6) is 0 Å². The first kappa shape index (κ1) is 13.6. The van der Waals surface area contributed by atoms with Gasteiger partial charge in [0.2, 0.25) is 0 Å². The van der Waals surface area contributed by atoms with Gasteiger partial charge in [-0.15, -0.1) is 0 Å². The largest absolute Gasteiger partial charge is 0.309 e. The van der Waals surface area contributed by atoms with Crippen LogP contribution in [0, 0.1) is 5.92 Å². The van der Waals surface area contributed by atoms with Crippen LogP contribution in [-0.2, 0) is 4.79 Å². The number of ketones is 1. The molecule has 2 heteroatoms. The molecule has 0 aromatic heterocycles. The molecule has 0 spiro atoms. The van der Waals surface area contributed by atoms with E-state index in [0.29, 0.717) is 11.7 Å². The molecule has 0 aliphatic carbocycles. The Labute approximate surface area is 88.7 Å². The molecule has 0 heterocycles. The van der Waals surface area contributed by atoms with Crippen molar-refractivity contribution < 1.29 is 4.79 Å². The van der Waals surface area contributed by atoms with Gasteiger partial charge >= 0.3 is 0 Å². The molecule has 0 saturated carbocycles. The van der Waals surface area contributed by atoms with E-state index in [1.165, 1.54) is 12.8 Å². The maximum atomic E-state index is 11.3. The topological polar surface area (TPSA) is 20.3 Å². The quantitative estimate of drug-likeness (QED) is 0.560. The van der Waals surface area contributed by atoms with Gasteiger partial charge in [-0.3, -0.25) is 4.79 Å². The van der Waals surface area contributed by atoms with Crippen LogP contribution < -0.4 is 0 Å². The fourth-order valence-corrected chi connectivity index (χ4v) is 1.48. The van der Waals surface area contributed by atoms with Crippen LogP contribution >= 0.6 is 0 Å². The van der Waals surface area contributed by atoms with Crippen molar-refractivity contribution in [2.75, 3.05) is 20.6 Å². The standard InChI is InChI=1S/C12H25NO/c1-11(2)10-12(14)8-6-5-7-9-13(3)4/h11H,5-10H2,1-4H3. The first-order valence-corrected chi connectivity index (χ1v) is 5.68. The number of carbonyl (C=O) groups is 1. The summed E-state index contributed by atoms with van der Waals surface area (Å²) < 4.78 is 0. The zero-order valence-corrected chi connectivity index (χ0v) is 10.2. The van der Waals surface area contributed by atoms with Crippen LogP contribution in [-0.4, -0.2) is 31.3 Å². The summed E-state index contributed by atoms with van der Waals surface area (Å²) in [4.78, 5) is 13.5. The summed E-state index contributed by atoms with van der Waals surface area (Å²) in [7, 11) is 4.17. The highest BCUT2D eigenvalue weighted by Gasteiger charge is 2.04. The molecule has 0 atom stereocenters. The molecular weight excluding hydrogens is 174 g/mol. The summed E-state index contributed by atoms with van der Waals surface area (Å²) in [5.74, 6) is 0.953. The lowest BCUT2D eigenvalue weighted by Gasteiger charge is -2.08. The van der Waals surface area contributed by atoms with E-state index in [2.05, 4.69) is 32.8 Å². The third-order valence-corrected chi connectivity index (χ3v) is 2.20. The predicted molar refractivity (Wildman–Crippen MR) is 61.5 cm³/mol. The first-order chi connectivity index (χ1) is 6.52. The van der Waals surface area contributed by atoms with E-state index in [1.807, 2.05) is 0 Å². The van der Waals surface area contributed by atoms with E-state index in [-0.39, 0.29) is 0 Å². The van der Waals surface area contributed by atoms with Crippen molar-refractivity contribution in [3.63, 3.8) is 0 Å². The van der Waals surface area contributed by atoms with Crippen molar-refractivity contribution in [3.05, 3.63) is 0 Å². The van der Waals surface area contributed by atoms with Gasteiger partial charge in [-0.25, -0.2) is 0 Å². The van der Waals surface area contributed by atoms with Gasteiger partial charge in [-0.1, -0.05) is 20.3 Å². The van der Waals surface area contributed by atoms with Gasteiger partial charge in [0.05, 0.1) is 0 Å². The van der Waals surface area contributed by atoms with Gasteiger partial charge < -0.3 is 4.90 Å². The molecule has 0 amide bonds. The summed E-state index contributed by atoms with van der Waals surface area (Å²) >= 11 is 0. The van der Waals surface area contributed by atoms with Gasteiger partial charge in [0, 0.05) is 12.8 Å². The Morgan fingerprint density at radius 2 is 1.79 bits per heavy atom. The van der Waals surface area contributed by atoms with E-state index >= 15 is 0 Å². The van der Waals surface area contributed by atoms with Gasteiger partial charge in [-0.2, -0.15) is 0 Å². The highest BCUT2D eigenvalue weighted by Crippen LogP contribution is 2.07. The molecule has 0 aromatic rings. The fraction of sp³-hybridized carbons (Fsp3) is 0.917. The molecule has 0 aromatic carbocycles. The molecule has 0 unspecified atom stereocenters. The molecular formula is C12H25NO. The van der Waals surface area contributed by atoms with Gasteiger partial charge in [0.15, 0.2) is 0 Å². The summed E-state index contributed by atoms with van der Waals surface area (Å²) in [6.45, 7) is 5.34. The summed E-state index contributed by atoms with van der Waals surface area (Å²) in [5.41, 5.74) is 0. The Morgan fingerprint density at radius 3 is 2.29 bits per heavy atom. The number of rotatable bonds is 8. The second-order valence-electron chi connectivity index (χ2n) is 4.75. The molecule has 0 radical (unpaired) electrons. The molecule has 0 saturated heterocycles. The molecule has 0 aliphatic heterocycles. The number of Topliss-reactive ketones (excluding diaryl/α,β-unsaturated/α-hetero) is 1. The van der Waals surface area contributed by atoms with Crippen molar-refractivity contribution in [2.45, 2.75) is 46.0 Å². The highest BCUT2D eigenvalue weighted by atomic mass is 16.1. The number of hydrogen-bond acceptors (Lipinski definition) is 2. The molecule has 0 aliphatic rings. The Balaban J connectivity index is 3.23. The minimum atomic E-state index is 0.435. The van der Waals surface area contributed by atoms with Crippen molar-refractivity contribution in [1.29, 1.82) is 0 Å². The van der Waals surface area contributed by atoms with Crippen molar-refractivity contribution >= 4 is 5.78 Å². The maximum absolute atomic E-state index is 11.3. The summed E-state index contributed by atoms with van der Waals surface area (Å²) in [6.07, 6.45) is 5.00. The minimum Gasteiger partial charge on any atom is -0.309 e. The Kier molecular flexibility index (Phi) is 7.77. The predicted octanol–water partition coefficient (Wildman–Crippen LogP) is 2.72. The van der Waals surface area contributed by atoms with Gasteiger partial charge in [0.25, 0.3) is 0 Å². The van der Waals surface area contributed by atoms with Gasteiger partial charge in [0.1, 0.15) is 5.78 Å². The zero-order valence-electron chi connectivity index (χ0n) is 10.2. The van der Waals surface area contributed by atoms with E-state index in [0.717, 1.165) is 25.8 Å². The normalized spacial score (nSPS) is 11.3. The maximum Gasteiger partial charge on any atom is 0.133 e. The van der Waals surface area contributed by atoms with E-state index in [1.54, 1.807) is 0 Å². The van der Waals surface area contributed by atoms with Crippen LogP contribution in [0.25, 0.3) is 0 Å². The van der Waals surface area contributed by atoms with Gasteiger partial charge in [-0.05, 0) is 39.4 Å². The fourth-order valence-electron chi connectivity index (χ4n) is 1.48. The zero-order chi connectivity index (χ0) is 11.0. The SMILES string of the molecule is CC(C)CC(=O)CCCCCN(C)C. The molecule has 2 nitrogen and oxygen atoms in total. The lowest BCUT2D eigenvalue weighted by atomic mass is 10.0. The molecule has 0 rings (SSSR count). The van der Waals surface area contributed by atoms with Crippen molar-refractivity contribution in [1.82, 2.24) is 4.90 Å². The third-order valence-electron chi connectivity index (χ3n) is 2.20. The number of nitrogens with zero attached hydrogens (tertiary/aromatic N) is 1. The number of unbranched alkanes of at least 4 members (excludes halogenated alkanes) is 2. The van der Waals surface area contributed by atoms with Crippen LogP contribution in [0.3, 0.4) is 0 Å². The van der Waals surface area contributed by atoms with Crippen LogP contribution in [0.15, 0.2) is 0 Å². The molecule has 0 N–H and O–H groups in total. The molecule has 0 fully saturated rings. The Hall–Kier alpha value is -0.370. The average Bonchev–Trinajstić information content (AvgIpc) is 2.01. The minimum absolute atomic E-state index is 0.435. The van der Waals surface area contributed by atoms with Crippen LogP contribution in [0.4, 0.5) is 0 Å². The van der Waals surface area contributed by atoms with Crippen molar-refractivity contribution in [3.8, 4) is 0 Å². The lowest BCUT2D eigenvalue weighted by Crippen LogP contribution is -2.12. The first-order valence-electron chi connectivity index (χ1n) is 5.68. The van der Waals surface area contributed by atoms with E-state index < -0.39 is 0 Å². The molecule has 0 bridgehead atoms. The average molecular weight is 199 g/mol. The molecule has 14 heavy (non-hydrogen) atoms. The smallest absolute Gasteiger partial charge is 0.133 e. The second kappa shape index (κ2) is 7.98.